The molecule has 0 spiro atoms. The molecule has 0 saturated heterocycles. The minimum Gasteiger partial charge on any atom is -0.475 e. The van der Waals surface area contributed by atoms with Crippen molar-refractivity contribution in [2.45, 2.75) is 13.5 Å². The lowest BCUT2D eigenvalue weighted by Crippen LogP contribution is -2.22. The zero-order chi connectivity index (χ0) is 14.7. The molecule has 2 rings (SSSR count). The second-order valence-electron chi connectivity index (χ2n) is 4.22. The van der Waals surface area contributed by atoms with Crippen molar-refractivity contribution >= 4 is 27.8 Å². The third-order valence-electron chi connectivity index (χ3n) is 2.73. The van der Waals surface area contributed by atoms with Gasteiger partial charge in [-0.1, -0.05) is 22.0 Å². The summed E-state index contributed by atoms with van der Waals surface area (Å²) < 4.78 is 5.91. The van der Waals surface area contributed by atoms with Gasteiger partial charge in [0.25, 0.3) is 5.91 Å². The maximum absolute atomic E-state index is 11.9. The predicted molar refractivity (Wildman–Crippen MR) is 75.7 cm³/mol. The van der Waals surface area contributed by atoms with Gasteiger partial charge in [0.1, 0.15) is 5.76 Å². The van der Waals surface area contributed by atoms with Crippen LogP contribution >= 0.6 is 15.9 Å². The summed E-state index contributed by atoms with van der Waals surface area (Å²) in [5.41, 5.74) is 1.56. The SMILES string of the molecule is Cc1ccc(C(=O)NCc2ccc(C(=O)O)o2)cc1Br. The number of benzene rings is 1. The fourth-order valence-corrected chi connectivity index (χ4v) is 1.97. The number of rotatable bonds is 4. The number of carbonyl (C=O) groups is 2. The second kappa shape index (κ2) is 5.92. The van der Waals surface area contributed by atoms with Crippen molar-refractivity contribution in [1.29, 1.82) is 0 Å². The van der Waals surface area contributed by atoms with Crippen LogP contribution in [0.15, 0.2) is 39.2 Å². The molecule has 1 heterocycles. The summed E-state index contributed by atoms with van der Waals surface area (Å²) in [6.45, 7) is 2.07. The van der Waals surface area contributed by atoms with E-state index in [1.165, 1.54) is 12.1 Å². The van der Waals surface area contributed by atoms with Gasteiger partial charge in [-0.25, -0.2) is 4.79 Å². The number of carbonyl (C=O) groups excluding carboxylic acids is 1. The Hall–Kier alpha value is -2.08. The zero-order valence-corrected chi connectivity index (χ0v) is 12.2. The molecule has 1 aromatic heterocycles. The van der Waals surface area contributed by atoms with Gasteiger partial charge in [-0.2, -0.15) is 0 Å². The van der Waals surface area contributed by atoms with Crippen LogP contribution in [0.1, 0.15) is 32.2 Å². The third kappa shape index (κ3) is 3.27. The molecule has 0 aliphatic rings. The van der Waals surface area contributed by atoms with Gasteiger partial charge in [0.15, 0.2) is 0 Å². The first-order chi connectivity index (χ1) is 9.47. The van der Waals surface area contributed by atoms with Crippen molar-refractivity contribution in [3.05, 3.63) is 57.5 Å². The highest BCUT2D eigenvalue weighted by molar-refractivity contribution is 9.10. The minimum absolute atomic E-state index is 0.137. The number of aromatic carboxylic acids is 1. The Kier molecular flexibility index (Phi) is 4.24. The number of nitrogens with one attached hydrogen (secondary N) is 1. The number of carboxylic acid groups (broad SMARTS) is 1. The van der Waals surface area contributed by atoms with Crippen LogP contribution in [0.3, 0.4) is 0 Å². The molecule has 0 fully saturated rings. The molecule has 0 radical (unpaired) electrons. The topological polar surface area (TPSA) is 79.5 Å². The van der Waals surface area contributed by atoms with Crippen LogP contribution in [0.5, 0.6) is 0 Å². The van der Waals surface area contributed by atoms with Gasteiger partial charge in [0, 0.05) is 10.0 Å². The molecule has 0 atom stereocenters. The second-order valence-corrected chi connectivity index (χ2v) is 5.07. The van der Waals surface area contributed by atoms with Gasteiger partial charge in [-0.05, 0) is 36.8 Å². The Morgan fingerprint density at radius 2 is 2.05 bits per heavy atom. The molecule has 2 aromatic rings. The van der Waals surface area contributed by atoms with Gasteiger partial charge in [0.2, 0.25) is 5.76 Å². The van der Waals surface area contributed by atoms with E-state index in [1.54, 1.807) is 12.1 Å². The average molecular weight is 338 g/mol. The maximum atomic E-state index is 11.9. The third-order valence-corrected chi connectivity index (χ3v) is 3.58. The highest BCUT2D eigenvalue weighted by Crippen LogP contribution is 2.17. The summed E-state index contributed by atoms with van der Waals surface area (Å²) in [4.78, 5) is 22.6. The number of hydrogen-bond acceptors (Lipinski definition) is 3. The lowest BCUT2D eigenvalue weighted by Gasteiger charge is -2.05. The summed E-state index contributed by atoms with van der Waals surface area (Å²) in [5.74, 6) is -1.14. The average Bonchev–Trinajstić information content (AvgIpc) is 2.88. The molecule has 2 N–H and O–H groups in total. The molecule has 0 aliphatic heterocycles. The van der Waals surface area contributed by atoms with Crippen LogP contribution < -0.4 is 5.32 Å². The van der Waals surface area contributed by atoms with E-state index < -0.39 is 5.97 Å². The molecule has 1 amide bonds. The number of halogens is 1. The van der Waals surface area contributed by atoms with Crippen molar-refractivity contribution in [2.24, 2.45) is 0 Å². The molecule has 0 bridgehead atoms. The first-order valence-electron chi connectivity index (χ1n) is 5.83. The molecule has 1 aromatic carbocycles. The molecule has 104 valence electrons. The standard InChI is InChI=1S/C14H12BrNO4/c1-8-2-3-9(6-11(8)15)13(17)16-7-10-4-5-12(20-10)14(18)19/h2-6H,7H2,1H3,(H,16,17)(H,18,19). The highest BCUT2D eigenvalue weighted by atomic mass is 79.9. The maximum Gasteiger partial charge on any atom is 0.371 e. The van der Waals surface area contributed by atoms with E-state index in [1.807, 2.05) is 13.0 Å². The molecular formula is C14H12BrNO4. The summed E-state index contributed by atoms with van der Waals surface area (Å²) in [7, 11) is 0. The van der Waals surface area contributed by atoms with Crippen molar-refractivity contribution in [3.63, 3.8) is 0 Å². The quantitative estimate of drug-likeness (QED) is 0.898. The Morgan fingerprint density at radius 3 is 2.65 bits per heavy atom. The van der Waals surface area contributed by atoms with E-state index in [-0.39, 0.29) is 18.2 Å². The lowest BCUT2D eigenvalue weighted by molar-refractivity contribution is 0.0660. The Bertz CT molecular complexity index is 663. The van der Waals surface area contributed by atoms with Crippen LogP contribution in [-0.4, -0.2) is 17.0 Å². The van der Waals surface area contributed by atoms with Crippen molar-refractivity contribution in [1.82, 2.24) is 5.32 Å². The van der Waals surface area contributed by atoms with Crippen LogP contribution in [0, 0.1) is 6.92 Å². The van der Waals surface area contributed by atoms with Gasteiger partial charge in [0.05, 0.1) is 6.54 Å². The van der Waals surface area contributed by atoms with Crippen LogP contribution in [-0.2, 0) is 6.54 Å². The molecule has 0 saturated carbocycles. The summed E-state index contributed by atoms with van der Waals surface area (Å²) in [6, 6.07) is 8.17. The van der Waals surface area contributed by atoms with Crippen molar-refractivity contribution in [2.75, 3.05) is 0 Å². The Labute approximate surface area is 123 Å². The van der Waals surface area contributed by atoms with Crippen LogP contribution in [0.2, 0.25) is 0 Å². The first-order valence-corrected chi connectivity index (χ1v) is 6.63. The number of hydrogen-bond donors (Lipinski definition) is 2. The predicted octanol–water partition coefficient (Wildman–Crippen LogP) is 2.98. The van der Waals surface area contributed by atoms with Crippen molar-refractivity contribution < 1.29 is 19.1 Å². The van der Waals surface area contributed by atoms with Gasteiger partial charge >= 0.3 is 5.97 Å². The number of aryl methyl sites for hydroxylation is 1. The summed E-state index contributed by atoms with van der Waals surface area (Å²) in [5, 5.41) is 11.4. The van der Waals surface area contributed by atoms with E-state index in [0.717, 1.165) is 10.0 Å². The van der Waals surface area contributed by atoms with E-state index in [0.29, 0.717) is 11.3 Å². The summed E-state index contributed by atoms with van der Waals surface area (Å²) >= 11 is 3.37. The molecule has 0 aliphatic carbocycles. The van der Waals surface area contributed by atoms with Gasteiger partial charge in [-0.15, -0.1) is 0 Å². The zero-order valence-electron chi connectivity index (χ0n) is 10.6. The minimum atomic E-state index is -1.13. The molecule has 5 nitrogen and oxygen atoms in total. The van der Waals surface area contributed by atoms with Crippen LogP contribution in [0.25, 0.3) is 0 Å². The lowest BCUT2D eigenvalue weighted by atomic mass is 10.1. The largest absolute Gasteiger partial charge is 0.475 e. The van der Waals surface area contributed by atoms with E-state index >= 15 is 0 Å². The fourth-order valence-electron chi connectivity index (χ4n) is 1.59. The Morgan fingerprint density at radius 1 is 1.30 bits per heavy atom. The molecular weight excluding hydrogens is 326 g/mol. The van der Waals surface area contributed by atoms with Crippen LogP contribution in [0.4, 0.5) is 0 Å². The molecule has 6 heteroatoms. The fraction of sp³-hybridized carbons (Fsp3) is 0.143. The smallest absolute Gasteiger partial charge is 0.371 e. The van der Waals surface area contributed by atoms with Gasteiger partial charge in [-0.3, -0.25) is 4.79 Å². The summed E-state index contributed by atoms with van der Waals surface area (Å²) in [6.07, 6.45) is 0. The first kappa shape index (κ1) is 14.3. The van der Waals surface area contributed by atoms with E-state index in [4.69, 9.17) is 9.52 Å². The molecule has 20 heavy (non-hydrogen) atoms. The number of furan rings is 1. The Balaban J connectivity index is 2.00. The normalized spacial score (nSPS) is 10.3. The molecule has 0 unspecified atom stereocenters. The number of amides is 1. The van der Waals surface area contributed by atoms with Crippen molar-refractivity contribution in [3.8, 4) is 0 Å². The van der Waals surface area contributed by atoms with Gasteiger partial charge < -0.3 is 14.8 Å². The number of carboxylic acids is 1. The monoisotopic (exact) mass is 337 g/mol. The highest BCUT2D eigenvalue weighted by Gasteiger charge is 2.11. The van der Waals surface area contributed by atoms with E-state index in [2.05, 4.69) is 21.2 Å². The van der Waals surface area contributed by atoms with E-state index in [9.17, 15) is 9.59 Å².